The molecule has 1 amide bonds. The van der Waals surface area contributed by atoms with Crippen LogP contribution in [0.25, 0.3) is 11.4 Å². The Labute approximate surface area is 197 Å². The number of amides is 1. The Balaban J connectivity index is 1.24. The van der Waals surface area contributed by atoms with Crippen LogP contribution in [-0.2, 0) is 11.3 Å². The van der Waals surface area contributed by atoms with Crippen LogP contribution in [0.3, 0.4) is 0 Å². The van der Waals surface area contributed by atoms with Crippen LogP contribution >= 0.6 is 11.6 Å². The SMILES string of the molecule is CC(c1ccc(F)cc1)N(C)C(=O)CN1CCN(Cc2nc(-c3ccc(Cl)cc3)no2)CC1. The number of hydrogen-bond donors (Lipinski definition) is 0. The molecule has 1 aliphatic heterocycles. The zero-order chi connectivity index (χ0) is 23.4. The highest BCUT2D eigenvalue weighted by Gasteiger charge is 2.24. The molecule has 1 atom stereocenters. The summed E-state index contributed by atoms with van der Waals surface area (Å²) < 4.78 is 18.6. The second-order valence-electron chi connectivity index (χ2n) is 8.30. The number of carbonyl (C=O) groups excluding carboxylic acids is 1. The first-order chi connectivity index (χ1) is 15.9. The van der Waals surface area contributed by atoms with E-state index in [0.717, 1.165) is 37.3 Å². The maximum atomic E-state index is 13.2. The Bertz CT molecular complexity index is 1070. The molecule has 9 heteroatoms. The molecule has 1 saturated heterocycles. The Morgan fingerprint density at radius 2 is 1.73 bits per heavy atom. The number of rotatable bonds is 7. The Hall–Kier alpha value is -2.81. The Morgan fingerprint density at radius 3 is 2.39 bits per heavy atom. The predicted molar refractivity (Wildman–Crippen MR) is 124 cm³/mol. The van der Waals surface area contributed by atoms with Gasteiger partial charge in [0.15, 0.2) is 0 Å². The third-order valence-electron chi connectivity index (χ3n) is 6.08. The normalized spacial score (nSPS) is 16.0. The molecule has 1 aromatic heterocycles. The van der Waals surface area contributed by atoms with Crippen LogP contribution in [0.5, 0.6) is 0 Å². The van der Waals surface area contributed by atoms with Gasteiger partial charge in [0.25, 0.3) is 0 Å². The van der Waals surface area contributed by atoms with Gasteiger partial charge in [0.2, 0.25) is 17.6 Å². The molecular weight excluding hydrogens is 445 g/mol. The Kier molecular flexibility index (Phi) is 7.37. The number of benzene rings is 2. The number of carbonyl (C=O) groups is 1. The smallest absolute Gasteiger partial charge is 0.241 e. The van der Waals surface area contributed by atoms with E-state index in [2.05, 4.69) is 19.9 Å². The largest absolute Gasteiger partial charge is 0.338 e. The fraction of sp³-hybridized carbons (Fsp3) is 0.375. The molecule has 33 heavy (non-hydrogen) atoms. The van der Waals surface area contributed by atoms with Gasteiger partial charge in [-0.1, -0.05) is 28.9 Å². The number of halogens is 2. The average Bonchev–Trinajstić information content (AvgIpc) is 3.28. The van der Waals surface area contributed by atoms with Crippen LogP contribution in [0.1, 0.15) is 24.4 Å². The lowest BCUT2D eigenvalue weighted by molar-refractivity contribution is -0.133. The van der Waals surface area contributed by atoms with Crippen molar-refractivity contribution in [2.24, 2.45) is 0 Å². The van der Waals surface area contributed by atoms with E-state index < -0.39 is 0 Å². The highest BCUT2D eigenvalue weighted by Crippen LogP contribution is 2.21. The van der Waals surface area contributed by atoms with Gasteiger partial charge in [-0.2, -0.15) is 4.98 Å². The summed E-state index contributed by atoms with van der Waals surface area (Å²) in [6, 6.07) is 13.5. The van der Waals surface area contributed by atoms with Crippen molar-refractivity contribution in [1.29, 1.82) is 0 Å². The summed E-state index contributed by atoms with van der Waals surface area (Å²) in [6.45, 7) is 6.06. The lowest BCUT2D eigenvalue weighted by Gasteiger charge is -2.35. The highest BCUT2D eigenvalue weighted by atomic mass is 35.5. The lowest BCUT2D eigenvalue weighted by atomic mass is 10.1. The van der Waals surface area contributed by atoms with E-state index in [1.54, 1.807) is 36.2 Å². The summed E-state index contributed by atoms with van der Waals surface area (Å²) in [5.74, 6) is 0.880. The minimum Gasteiger partial charge on any atom is -0.338 e. The van der Waals surface area contributed by atoms with Gasteiger partial charge in [-0.3, -0.25) is 14.6 Å². The van der Waals surface area contributed by atoms with Gasteiger partial charge in [-0.25, -0.2) is 4.39 Å². The monoisotopic (exact) mass is 471 g/mol. The van der Waals surface area contributed by atoms with E-state index in [9.17, 15) is 9.18 Å². The highest BCUT2D eigenvalue weighted by molar-refractivity contribution is 6.30. The van der Waals surface area contributed by atoms with Crippen LogP contribution in [0, 0.1) is 5.82 Å². The molecule has 0 aliphatic carbocycles. The standard InChI is InChI=1S/C24H27ClFN5O2/c1-17(18-5-9-21(26)10-6-18)29(2)23(32)16-31-13-11-30(12-14-31)15-22-27-24(28-33-22)19-3-7-20(25)8-4-19/h3-10,17H,11-16H2,1-2H3. The number of piperazine rings is 1. The van der Waals surface area contributed by atoms with Gasteiger partial charge < -0.3 is 9.42 Å². The van der Waals surface area contributed by atoms with Gasteiger partial charge in [0, 0.05) is 43.8 Å². The molecule has 4 rings (SSSR count). The number of hydrogen-bond acceptors (Lipinski definition) is 6. The van der Waals surface area contributed by atoms with Crippen LogP contribution in [-0.4, -0.2) is 70.5 Å². The van der Waals surface area contributed by atoms with Crippen molar-refractivity contribution in [3.05, 3.63) is 70.8 Å². The third-order valence-corrected chi connectivity index (χ3v) is 6.33. The molecule has 2 heterocycles. The molecule has 0 radical (unpaired) electrons. The summed E-state index contributed by atoms with van der Waals surface area (Å²) in [7, 11) is 1.79. The topological polar surface area (TPSA) is 65.7 Å². The third kappa shape index (κ3) is 5.96. The number of likely N-dealkylation sites (N-methyl/N-ethyl adjacent to an activating group) is 1. The second kappa shape index (κ2) is 10.4. The first-order valence-corrected chi connectivity index (χ1v) is 11.3. The van der Waals surface area contributed by atoms with Crippen LogP contribution in [0.2, 0.25) is 5.02 Å². The van der Waals surface area contributed by atoms with Crippen molar-refractivity contribution in [2.75, 3.05) is 39.8 Å². The molecular formula is C24H27ClFN5O2. The molecule has 174 valence electrons. The zero-order valence-electron chi connectivity index (χ0n) is 18.7. The number of aromatic nitrogens is 2. The lowest BCUT2D eigenvalue weighted by Crippen LogP contribution is -2.49. The van der Waals surface area contributed by atoms with E-state index in [1.165, 1.54) is 12.1 Å². The maximum Gasteiger partial charge on any atom is 0.241 e. The van der Waals surface area contributed by atoms with E-state index in [4.69, 9.17) is 16.1 Å². The summed E-state index contributed by atoms with van der Waals surface area (Å²) in [4.78, 5) is 23.4. The van der Waals surface area contributed by atoms with E-state index in [-0.39, 0.29) is 17.8 Å². The molecule has 3 aromatic rings. The van der Waals surface area contributed by atoms with E-state index in [0.29, 0.717) is 29.8 Å². The minimum absolute atomic E-state index is 0.0461. The van der Waals surface area contributed by atoms with Crippen molar-refractivity contribution in [1.82, 2.24) is 24.8 Å². The van der Waals surface area contributed by atoms with Gasteiger partial charge in [-0.15, -0.1) is 0 Å². The van der Waals surface area contributed by atoms with Gasteiger partial charge in [0.05, 0.1) is 19.1 Å². The van der Waals surface area contributed by atoms with E-state index in [1.807, 2.05) is 19.1 Å². The van der Waals surface area contributed by atoms with Gasteiger partial charge in [-0.05, 0) is 48.9 Å². The van der Waals surface area contributed by atoms with Crippen molar-refractivity contribution in [2.45, 2.75) is 19.5 Å². The van der Waals surface area contributed by atoms with Crippen molar-refractivity contribution < 1.29 is 13.7 Å². The second-order valence-corrected chi connectivity index (χ2v) is 8.74. The molecule has 7 nitrogen and oxygen atoms in total. The van der Waals surface area contributed by atoms with Crippen LogP contribution < -0.4 is 0 Å². The summed E-state index contributed by atoms with van der Waals surface area (Å²) in [5.41, 5.74) is 1.77. The Morgan fingerprint density at radius 1 is 1.09 bits per heavy atom. The molecule has 1 fully saturated rings. The van der Waals surface area contributed by atoms with Gasteiger partial charge in [0.1, 0.15) is 5.82 Å². The minimum atomic E-state index is -0.278. The number of nitrogens with zero attached hydrogens (tertiary/aromatic N) is 5. The fourth-order valence-electron chi connectivity index (χ4n) is 3.82. The van der Waals surface area contributed by atoms with Crippen molar-refractivity contribution in [3.63, 3.8) is 0 Å². The molecule has 1 unspecified atom stereocenters. The molecule has 0 N–H and O–H groups in total. The predicted octanol–water partition coefficient (Wildman–Crippen LogP) is 3.87. The fourth-order valence-corrected chi connectivity index (χ4v) is 3.94. The molecule has 0 bridgehead atoms. The summed E-state index contributed by atoms with van der Waals surface area (Å²) >= 11 is 5.93. The van der Waals surface area contributed by atoms with Crippen molar-refractivity contribution in [3.8, 4) is 11.4 Å². The van der Waals surface area contributed by atoms with Crippen LogP contribution in [0.15, 0.2) is 53.1 Å². The maximum absolute atomic E-state index is 13.2. The average molecular weight is 472 g/mol. The molecule has 2 aromatic carbocycles. The van der Waals surface area contributed by atoms with E-state index >= 15 is 0 Å². The van der Waals surface area contributed by atoms with Crippen LogP contribution in [0.4, 0.5) is 4.39 Å². The molecule has 1 aliphatic rings. The first kappa shape index (κ1) is 23.4. The summed E-state index contributed by atoms with van der Waals surface area (Å²) in [6.07, 6.45) is 0. The van der Waals surface area contributed by atoms with Gasteiger partial charge >= 0.3 is 0 Å². The molecule has 0 spiro atoms. The zero-order valence-corrected chi connectivity index (χ0v) is 19.5. The molecule has 0 saturated carbocycles. The first-order valence-electron chi connectivity index (χ1n) is 10.9. The summed E-state index contributed by atoms with van der Waals surface area (Å²) in [5, 5.41) is 4.73. The quantitative estimate of drug-likeness (QED) is 0.521. The van der Waals surface area contributed by atoms with Crippen molar-refractivity contribution >= 4 is 17.5 Å².